The van der Waals surface area contributed by atoms with E-state index in [0.29, 0.717) is 13.0 Å². The highest BCUT2D eigenvalue weighted by atomic mass is 35.5. The van der Waals surface area contributed by atoms with Crippen LogP contribution in [0.3, 0.4) is 0 Å². The second kappa shape index (κ2) is 6.15. The van der Waals surface area contributed by atoms with Crippen molar-refractivity contribution in [3.05, 3.63) is 23.0 Å². The molecule has 0 aliphatic heterocycles. The first-order chi connectivity index (χ1) is 8.00. The summed E-state index contributed by atoms with van der Waals surface area (Å²) in [6.07, 6.45) is 0.433. The lowest BCUT2D eigenvalue weighted by atomic mass is 10.3. The van der Waals surface area contributed by atoms with E-state index in [-0.39, 0.29) is 23.2 Å². The number of carboxylic acids is 1. The van der Waals surface area contributed by atoms with Gasteiger partial charge in [0.1, 0.15) is 0 Å². The Morgan fingerprint density at radius 2 is 2.12 bits per heavy atom. The van der Waals surface area contributed by atoms with Crippen molar-refractivity contribution in [2.75, 3.05) is 13.6 Å². The van der Waals surface area contributed by atoms with E-state index < -0.39 is 5.97 Å². The Hall–Kier alpha value is -1.69. The summed E-state index contributed by atoms with van der Waals surface area (Å²) in [6.45, 7) is 0.357. The van der Waals surface area contributed by atoms with Gasteiger partial charge < -0.3 is 10.0 Å². The molecule has 0 radical (unpaired) electrons. The fourth-order valence-electron chi connectivity index (χ4n) is 1.19. The number of halogens is 1. The minimum absolute atomic E-state index is 0.0317. The maximum absolute atomic E-state index is 11.8. The van der Waals surface area contributed by atoms with Crippen LogP contribution in [0.15, 0.2) is 12.1 Å². The number of hydrogen-bond donors (Lipinski definition) is 1. The highest BCUT2D eigenvalue weighted by Crippen LogP contribution is 2.05. The topological polar surface area (TPSA) is 83.4 Å². The molecule has 0 aliphatic rings. The van der Waals surface area contributed by atoms with Crippen molar-refractivity contribution in [3.63, 3.8) is 0 Å². The van der Waals surface area contributed by atoms with Crippen LogP contribution in [-0.4, -0.2) is 45.7 Å². The SMILES string of the molecule is CN(CCCC(=O)O)C(=O)c1ccc(Cl)nn1. The first-order valence-corrected chi connectivity index (χ1v) is 5.35. The number of carboxylic acid groups (broad SMARTS) is 1. The Morgan fingerprint density at radius 3 is 2.65 bits per heavy atom. The van der Waals surface area contributed by atoms with Crippen molar-refractivity contribution in [3.8, 4) is 0 Å². The van der Waals surface area contributed by atoms with E-state index in [0.717, 1.165) is 0 Å². The molecule has 0 aliphatic carbocycles. The molecule has 1 aromatic heterocycles. The smallest absolute Gasteiger partial charge is 0.303 e. The third kappa shape index (κ3) is 4.36. The van der Waals surface area contributed by atoms with Gasteiger partial charge in [0.15, 0.2) is 10.8 Å². The summed E-state index contributed by atoms with van der Waals surface area (Å²) in [5.74, 6) is -1.18. The molecule has 0 spiro atoms. The summed E-state index contributed by atoms with van der Waals surface area (Å²) in [4.78, 5) is 23.5. The number of nitrogens with zero attached hydrogens (tertiary/aromatic N) is 3. The van der Waals surface area contributed by atoms with Gasteiger partial charge in [-0.1, -0.05) is 11.6 Å². The Bertz CT molecular complexity index is 408. The number of carbonyl (C=O) groups excluding carboxylic acids is 1. The first-order valence-electron chi connectivity index (χ1n) is 4.97. The average molecular weight is 258 g/mol. The van der Waals surface area contributed by atoms with Crippen LogP contribution >= 0.6 is 11.6 Å². The second-order valence-corrected chi connectivity index (χ2v) is 3.85. The first kappa shape index (κ1) is 13.4. The molecule has 17 heavy (non-hydrogen) atoms. The van der Waals surface area contributed by atoms with Gasteiger partial charge in [0, 0.05) is 20.0 Å². The minimum atomic E-state index is -0.878. The van der Waals surface area contributed by atoms with Crippen LogP contribution in [0.1, 0.15) is 23.3 Å². The van der Waals surface area contributed by atoms with Crippen molar-refractivity contribution in [2.45, 2.75) is 12.8 Å². The second-order valence-electron chi connectivity index (χ2n) is 3.47. The van der Waals surface area contributed by atoms with Crippen LogP contribution in [0.25, 0.3) is 0 Å². The van der Waals surface area contributed by atoms with Gasteiger partial charge in [-0.3, -0.25) is 9.59 Å². The zero-order valence-corrected chi connectivity index (χ0v) is 10.0. The molecule has 0 saturated carbocycles. The molecule has 0 aromatic carbocycles. The summed E-state index contributed by atoms with van der Waals surface area (Å²) in [5, 5.41) is 15.9. The third-order valence-corrected chi connectivity index (χ3v) is 2.28. The minimum Gasteiger partial charge on any atom is -0.481 e. The molecule has 92 valence electrons. The molecule has 0 atom stereocenters. The number of aliphatic carboxylic acids is 1. The van der Waals surface area contributed by atoms with Crippen LogP contribution in [0.5, 0.6) is 0 Å². The van der Waals surface area contributed by atoms with Gasteiger partial charge in [0.2, 0.25) is 0 Å². The van der Waals surface area contributed by atoms with Crippen molar-refractivity contribution >= 4 is 23.5 Å². The molecule has 0 unspecified atom stereocenters. The molecular formula is C10H12ClN3O3. The normalized spacial score (nSPS) is 10.0. The number of carbonyl (C=O) groups is 2. The quantitative estimate of drug-likeness (QED) is 0.853. The number of amides is 1. The van der Waals surface area contributed by atoms with E-state index >= 15 is 0 Å². The van der Waals surface area contributed by atoms with E-state index in [4.69, 9.17) is 16.7 Å². The number of aromatic nitrogens is 2. The predicted octanol–water partition coefficient (Wildman–Crippen LogP) is 1.07. The van der Waals surface area contributed by atoms with Gasteiger partial charge in [-0.2, -0.15) is 0 Å². The average Bonchev–Trinajstić information content (AvgIpc) is 2.28. The molecule has 1 amide bonds. The van der Waals surface area contributed by atoms with E-state index in [1.54, 1.807) is 7.05 Å². The molecule has 6 nitrogen and oxygen atoms in total. The maximum atomic E-state index is 11.8. The molecule has 0 fully saturated rings. The zero-order valence-electron chi connectivity index (χ0n) is 9.26. The fourth-order valence-corrected chi connectivity index (χ4v) is 1.30. The molecule has 1 N–H and O–H groups in total. The van der Waals surface area contributed by atoms with Crippen LogP contribution < -0.4 is 0 Å². The van der Waals surface area contributed by atoms with Gasteiger partial charge in [0.25, 0.3) is 5.91 Å². The van der Waals surface area contributed by atoms with Gasteiger partial charge in [-0.25, -0.2) is 0 Å². The molecule has 1 rings (SSSR count). The fraction of sp³-hybridized carbons (Fsp3) is 0.400. The number of rotatable bonds is 5. The molecule has 1 aromatic rings. The summed E-state index contributed by atoms with van der Waals surface area (Å²) in [7, 11) is 1.58. The van der Waals surface area contributed by atoms with Crippen molar-refractivity contribution in [2.24, 2.45) is 0 Å². The van der Waals surface area contributed by atoms with E-state index in [1.807, 2.05) is 0 Å². The standard InChI is InChI=1S/C10H12ClN3O3/c1-14(6-2-3-9(15)16)10(17)7-4-5-8(11)13-12-7/h4-5H,2-3,6H2,1H3,(H,15,16). The highest BCUT2D eigenvalue weighted by molar-refractivity contribution is 6.29. The van der Waals surface area contributed by atoms with E-state index in [2.05, 4.69) is 10.2 Å². The monoisotopic (exact) mass is 257 g/mol. The van der Waals surface area contributed by atoms with Crippen LogP contribution in [-0.2, 0) is 4.79 Å². The highest BCUT2D eigenvalue weighted by Gasteiger charge is 2.13. The molecule has 7 heteroatoms. The molecule has 0 bridgehead atoms. The van der Waals surface area contributed by atoms with Crippen molar-refractivity contribution < 1.29 is 14.7 Å². The van der Waals surface area contributed by atoms with Gasteiger partial charge in [0.05, 0.1) is 0 Å². The zero-order chi connectivity index (χ0) is 12.8. The lowest BCUT2D eigenvalue weighted by Gasteiger charge is -2.15. The molecular weight excluding hydrogens is 246 g/mol. The Kier molecular flexibility index (Phi) is 4.84. The lowest BCUT2D eigenvalue weighted by Crippen LogP contribution is -2.29. The predicted molar refractivity (Wildman–Crippen MR) is 60.9 cm³/mol. The Labute approximate surface area is 103 Å². The summed E-state index contributed by atoms with van der Waals surface area (Å²) < 4.78 is 0. The van der Waals surface area contributed by atoms with E-state index in [1.165, 1.54) is 17.0 Å². The van der Waals surface area contributed by atoms with Gasteiger partial charge >= 0.3 is 5.97 Å². The largest absolute Gasteiger partial charge is 0.481 e. The lowest BCUT2D eigenvalue weighted by molar-refractivity contribution is -0.137. The summed E-state index contributed by atoms with van der Waals surface area (Å²) >= 11 is 5.55. The Morgan fingerprint density at radius 1 is 1.41 bits per heavy atom. The Balaban J connectivity index is 2.51. The van der Waals surface area contributed by atoms with Crippen molar-refractivity contribution in [1.29, 1.82) is 0 Å². The summed E-state index contributed by atoms with van der Waals surface area (Å²) in [5.41, 5.74) is 0.187. The maximum Gasteiger partial charge on any atom is 0.303 e. The molecule has 0 saturated heterocycles. The van der Waals surface area contributed by atoms with Crippen molar-refractivity contribution in [1.82, 2.24) is 15.1 Å². The van der Waals surface area contributed by atoms with Crippen LogP contribution in [0.2, 0.25) is 5.15 Å². The van der Waals surface area contributed by atoms with E-state index in [9.17, 15) is 9.59 Å². The van der Waals surface area contributed by atoms with Crippen LogP contribution in [0, 0.1) is 0 Å². The van der Waals surface area contributed by atoms with Gasteiger partial charge in [-0.05, 0) is 18.6 Å². The summed E-state index contributed by atoms with van der Waals surface area (Å²) in [6, 6.07) is 2.96. The third-order valence-electron chi connectivity index (χ3n) is 2.08. The number of hydrogen-bond acceptors (Lipinski definition) is 4. The van der Waals surface area contributed by atoms with Crippen LogP contribution in [0.4, 0.5) is 0 Å². The molecule has 1 heterocycles. The van der Waals surface area contributed by atoms with Gasteiger partial charge in [-0.15, -0.1) is 10.2 Å².